The Labute approximate surface area is 145 Å². The van der Waals surface area contributed by atoms with Crippen LogP contribution in [0.5, 0.6) is 5.75 Å². The fourth-order valence-corrected chi connectivity index (χ4v) is 2.02. The summed E-state index contributed by atoms with van der Waals surface area (Å²) in [7, 11) is 0. The number of para-hydroxylation sites is 2. The predicted molar refractivity (Wildman–Crippen MR) is 95.0 cm³/mol. The number of carbonyl (C=O) groups is 2. The second-order valence-corrected chi connectivity index (χ2v) is 5.18. The van der Waals surface area contributed by atoms with Crippen LogP contribution in [-0.2, 0) is 9.59 Å². The van der Waals surface area contributed by atoms with Gasteiger partial charge in [-0.2, -0.15) is 5.10 Å². The van der Waals surface area contributed by atoms with Crippen molar-refractivity contribution in [3.05, 3.63) is 59.7 Å². The van der Waals surface area contributed by atoms with Gasteiger partial charge >= 0.3 is 5.97 Å². The van der Waals surface area contributed by atoms with E-state index in [1.807, 2.05) is 31.2 Å². The lowest BCUT2D eigenvalue weighted by molar-refractivity contribution is -0.139. The van der Waals surface area contributed by atoms with Crippen molar-refractivity contribution in [1.29, 1.82) is 0 Å². The zero-order valence-corrected chi connectivity index (χ0v) is 13.7. The number of aliphatic carboxylic acids is 1. The number of carboxylic acids is 1. The molecule has 0 aliphatic carbocycles. The molecule has 3 N–H and O–H groups in total. The van der Waals surface area contributed by atoms with Gasteiger partial charge in [0.05, 0.1) is 12.8 Å². The SMILES string of the molecule is Cc1ccccc1NCC(=O)NN=Cc1ccccc1OCC(=O)O. The molecule has 0 fully saturated rings. The van der Waals surface area contributed by atoms with Crippen LogP contribution in [0.3, 0.4) is 0 Å². The first kappa shape index (κ1) is 18.0. The van der Waals surface area contributed by atoms with Crippen molar-refractivity contribution in [2.24, 2.45) is 5.10 Å². The monoisotopic (exact) mass is 341 g/mol. The Hall–Kier alpha value is -3.35. The number of nitrogens with zero attached hydrogens (tertiary/aromatic N) is 1. The molecular formula is C18H19N3O4. The number of anilines is 1. The zero-order valence-electron chi connectivity index (χ0n) is 13.7. The van der Waals surface area contributed by atoms with Gasteiger partial charge in [-0.15, -0.1) is 0 Å². The average Bonchev–Trinajstić information content (AvgIpc) is 2.60. The quantitative estimate of drug-likeness (QED) is 0.504. The van der Waals surface area contributed by atoms with E-state index in [0.29, 0.717) is 11.3 Å². The summed E-state index contributed by atoms with van der Waals surface area (Å²) in [6.45, 7) is 1.59. The molecule has 0 aliphatic rings. The van der Waals surface area contributed by atoms with Crippen molar-refractivity contribution in [3.8, 4) is 5.75 Å². The van der Waals surface area contributed by atoms with Gasteiger partial charge in [0, 0.05) is 11.3 Å². The van der Waals surface area contributed by atoms with Crippen LogP contribution < -0.4 is 15.5 Å². The Bertz CT molecular complexity index is 774. The van der Waals surface area contributed by atoms with Crippen LogP contribution in [0.4, 0.5) is 5.69 Å². The van der Waals surface area contributed by atoms with Crippen LogP contribution in [0, 0.1) is 6.92 Å². The maximum atomic E-state index is 11.8. The molecule has 0 unspecified atom stereocenters. The van der Waals surface area contributed by atoms with E-state index in [0.717, 1.165) is 11.3 Å². The van der Waals surface area contributed by atoms with Gasteiger partial charge in [-0.05, 0) is 30.7 Å². The van der Waals surface area contributed by atoms with Crippen molar-refractivity contribution >= 4 is 23.8 Å². The van der Waals surface area contributed by atoms with E-state index in [1.54, 1.807) is 24.3 Å². The number of ether oxygens (including phenoxy) is 1. The molecule has 0 radical (unpaired) electrons. The first-order chi connectivity index (χ1) is 12.1. The minimum atomic E-state index is -1.07. The van der Waals surface area contributed by atoms with Gasteiger partial charge in [-0.25, -0.2) is 10.2 Å². The molecule has 7 nitrogen and oxygen atoms in total. The molecule has 0 spiro atoms. The van der Waals surface area contributed by atoms with Crippen LogP contribution in [-0.4, -0.2) is 36.3 Å². The van der Waals surface area contributed by atoms with E-state index in [2.05, 4.69) is 15.8 Å². The fourth-order valence-electron chi connectivity index (χ4n) is 2.02. The van der Waals surface area contributed by atoms with E-state index in [-0.39, 0.29) is 12.5 Å². The average molecular weight is 341 g/mol. The largest absolute Gasteiger partial charge is 0.481 e. The second-order valence-electron chi connectivity index (χ2n) is 5.18. The number of amides is 1. The number of benzene rings is 2. The van der Waals surface area contributed by atoms with Crippen LogP contribution >= 0.6 is 0 Å². The van der Waals surface area contributed by atoms with Gasteiger partial charge in [0.15, 0.2) is 6.61 Å². The molecule has 0 aliphatic heterocycles. The highest BCUT2D eigenvalue weighted by Crippen LogP contribution is 2.15. The molecule has 2 rings (SSSR count). The Morgan fingerprint density at radius 1 is 1.16 bits per heavy atom. The van der Waals surface area contributed by atoms with Crippen molar-refractivity contribution in [2.75, 3.05) is 18.5 Å². The first-order valence-electron chi connectivity index (χ1n) is 7.61. The summed E-state index contributed by atoms with van der Waals surface area (Å²) >= 11 is 0. The fraction of sp³-hybridized carbons (Fsp3) is 0.167. The normalized spacial score (nSPS) is 10.4. The van der Waals surface area contributed by atoms with E-state index < -0.39 is 12.6 Å². The molecule has 0 saturated carbocycles. The highest BCUT2D eigenvalue weighted by Gasteiger charge is 2.04. The molecule has 2 aromatic carbocycles. The number of hydrogen-bond donors (Lipinski definition) is 3. The van der Waals surface area contributed by atoms with Gasteiger partial charge in [-0.1, -0.05) is 30.3 Å². The Morgan fingerprint density at radius 2 is 1.88 bits per heavy atom. The number of carbonyl (C=O) groups excluding carboxylic acids is 1. The standard InChI is InChI=1S/C18H19N3O4/c1-13-6-2-4-8-15(13)19-11-17(22)21-20-10-14-7-3-5-9-16(14)25-12-18(23)24/h2-10,19H,11-12H2,1H3,(H,21,22)(H,23,24). The van der Waals surface area contributed by atoms with Crippen molar-refractivity contribution < 1.29 is 19.4 Å². The van der Waals surface area contributed by atoms with Crippen molar-refractivity contribution in [3.63, 3.8) is 0 Å². The van der Waals surface area contributed by atoms with Crippen LogP contribution in [0.15, 0.2) is 53.6 Å². The second kappa shape index (κ2) is 9.07. The Morgan fingerprint density at radius 3 is 2.64 bits per heavy atom. The molecule has 0 aromatic heterocycles. The maximum absolute atomic E-state index is 11.8. The summed E-state index contributed by atoms with van der Waals surface area (Å²) < 4.78 is 5.16. The Balaban J connectivity index is 1.87. The zero-order chi connectivity index (χ0) is 18.1. The van der Waals surface area contributed by atoms with Crippen LogP contribution in [0.25, 0.3) is 0 Å². The van der Waals surface area contributed by atoms with E-state index in [4.69, 9.17) is 9.84 Å². The topological polar surface area (TPSA) is 100 Å². The van der Waals surface area contributed by atoms with Gasteiger partial charge in [-0.3, -0.25) is 4.79 Å². The number of rotatable bonds is 8. The lowest BCUT2D eigenvalue weighted by Crippen LogP contribution is -2.26. The van der Waals surface area contributed by atoms with Gasteiger partial charge in [0.2, 0.25) is 0 Å². The first-order valence-corrected chi connectivity index (χ1v) is 7.61. The maximum Gasteiger partial charge on any atom is 0.341 e. The number of carboxylic acid groups (broad SMARTS) is 1. The molecule has 130 valence electrons. The lowest BCUT2D eigenvalue weighted by Gasteiger charge is -2.08. The van der Waals surface area contributed by atoms with Crippen LogP contribution in [0.1, 0.15) is 11.1 Å². The highest BCUT2D eigenvalue weighted by molar-refractivity contribution is 5.86. The third kappa shape index (κ3) is 5.98. The third-order valence-electron chi connectivity index (χ3n) is 3.25. The third-order valence-corrected chi connectivity index (χ3v) is 3.25. The highest BCUT2D eigenvalue weighted by atomic mass is 16.5. The summed E-state index contributed by atoms with van der Waals surface area (Å²) in [5.74, 6) is -0.994. The molecular weight excluding hydrogens is 322 g/mol. The number of hydrogen-bond acceptors (Lipinski definition) is 5. The minimum Gasteiger partial charge on any atom is -0.481 e. The summed E-state index contributed by atoms with van der Waals surface area (Å²) in [6.07, 6.45) is 1.41. The van der Waals surface area contributed by atoms with Gasteiger partial charge in [0.25, 0.3) is 5.91 Å². The molecule has 0 atom stereocenters. The molecule has 2 aromatic rings. The molecule has 0 heterocycles. The predicted octanol–water partition coefficient (Wildman–Crippen LogP) is 2.02. The Kier molecular flexibility index (Phi) is 6.53. The van der Waals surface area contributed by atoms with E-state index in [1.165, 1.54) is 6.21 Å². The van der Waals surface area contributed by atoms with Crippen molar-refractivity contribution in [2.45, 2.75) is 6.92 Å². The summed E-state index contributed by atoms with van der Waals surface area (Å²) in [6, 6.07) is 14.5. The van der Waals surface area contributed by atoms with Crippen LogP contribution in [0.2, 0.25) is 0 Å². The summed E-state index contributed by atoms with van der Waals surface area (Å²) in [4.78, 5) is 22.4. The molecule has 1 amide bonds. The minimum absolute atomic E-state index is 0.0827. The van der Waals surface area contributed by atoms with Crippen molar-refractivity contribution in [1.82, 2.24) is 5.43 Å². The molecule has 25 heavy (non-hydrogen) atoms. The molecule has 0 saturated heterocycles. The number of hydrazone groups is 1. The van der Waals surface area contributed by atoms with E-state index in [9.17, 15) is 9.59 Å². The smallest absolute Gasteiger partial charge is 0.341 e. The summed E-state index contributed by atoms with van der Waals surface area (Å²) in [5, 5.41) is 15.6. The molecule has 7 heteroatoms. The van der Waals surface area contributed by atoms with Gasteiger partial charge in [0.1, 0.15) is 5.75 Å². The van der Waals surface area contributed by atoms with Gasteiger partial charge < -0.3 is 15.2 Å². The lowest BCUT2D eigenvalue weighted by atomic mass is 10.2. The number of aryl methyl sites for hydroxylation is 1. The summed E-state index contributed by atoms with van der Waals surface area (Å²) in [5.41, 5.74) is 4.90. The van der Waals surface area contributed by atoms with E-state index >= 15 is 0 Å². The number of nitrogens with one attached hydrogen (secondary N) is 2. The molecule has 0 bridgehead atoms.